The van der Waals surface area contributed by atoms with Gasteiger partial charge in [0.15, 0.2) is 0 Å². The van der Waals surface area contributed by atoms with Crippen LogP contribution in [-0.4, -0.2) is 31.1 Å². The van der Waals surface area contributed by atoms with Gasteiger partial charge in [0, 0.05) is 18.7 Å². The van der Waals surface area contributed by atoms with Gasteiger partial charge in [0.2, 0.25) is 5.91 Å². The molecule has 1 heterocycles. The van der Waals surface area contributed by atoms with Crippen molar-refractivity contribution in [1.82, 2.24) is 4.31 Å². The molecular formula is C17H12F4N2O4S. The molecule has 2 aromatic rings. The summed E-state index contributed by atoms with van der Waals surface area (Å²) in [6.45, 7) is -0.491. The molecule has 0 spiro atoms. The number of carbonyl (C=O) groups excluding carboxylic acids is 2. The molecule has 2 aromatic carbocycles. The lowest BCUT2D eigenvalue weighted by Crippen LogP contribution is -2.33. The number of amides is 2. The molecule has 1 N–H and O–H groups in total. The van der Waals surface area contributed by atoms with E-state index in [0.717, 1.165) is 6.07 Å². The number of anilines is 1. The van der Waals surface area contributed by atoms with Gasteiger partial charge in [-0.2, -0.15) is 13.2 Å². The summed E-state index contributed by atoms with van der Waals surface area (Å²) in [5.74, 6) is -3.11. The van der Waals surface area contributed by atoms with Gasteiger partial charge in [-0.05, 0) is 30.3 Å². The summed E-state index contributed by atoms with van der Waals surface area (Å²) < 4.78 is 76.7. The highest BCUT2D eigenvalue weighted by Crippen LogP contribution is 2.33. The Balaban J connectivity index is 1.70. The van der Waals surface area contributed by atoms with Gasteiger partial charge in [-0.3, -0.25) is 9.59 Å². The van der Waals surface area contributed by atoms with Crippen molar-refractivity contribution >= 4 is 27.5 Å². The molecule has 2 amide bonds. The molecule has 6 nitrogen and oxygen atoms in total. The van der Waals surface area contributed by atoms with E-state index in [1.807, 2.05) is 0 Å². The number of alkyl halides is 3. The number of carbonyl (C=O) groups is 2. The molecule has 0 bridgehead atoms. The highest BCUT2D eigenvalue weighted by molar-refractivity contribution is 7.90. The highest BCUT2D eigenvalue weighted by atomic mass is 32.2. The number of sulfonamides is 1. The van der Waals surface area contributed by atoms with E-state index in [0.29, 0.717) is 16.4 Å². The first-order chi connectivity index (χ1) is 13.0. The van der Waals surface area contributed by atoms with Crippen LogP contribution in [0.25, 0.3) is 0 Å². The lowest BCUT2D eigenvalue weighted by Gasteiger charge is -2.15. The highest BCUT2D eigenvalue weighted by Gasteiger charge is 2.40. The molecule has 0 atom stereocenters. The molecule has 3 rings (SSSR count). The number of hydrogen-bond acceptors (Lipinski definition) is 4. The van der Waals surface area contributed by atoms with E-state index in [1.54, 1.807) is 0 Å². The Morgan fingerprint density at radius 3 is 2.43 bits per heavy atom. The Bertz CT molecular complexity index is 1070. The summed E-state index contributed by atoms with van der Waals surface area (Å²) in [5.41, 5.74) is -1.87. The molecule has 0 aromatic heterocycles. The second kappa shape index (κ2) is 6.89. The van der Waals surface area contributed by atoms with E-state index in [9.17, 15) is 35.6 Å². The molecule has 11 heteroatoms. The van der Waals surface area contributed by atoms with E-state index in [2.05, 4.69) is 5.32 Å². The van der Waals surface area contributed by atoms with Crippen molar-refractivity contribution in [3.05, 3.63) is 59.4 Å². The van der Waals surface area contributed by atoms with Crippen molar-refractivity contribution in [3.63, 3.8) is 0 Å². The van der Waals surface area contributed by atoms with Gasteiger partial charge in [0.25, 0.3) is 15.9 Å². The number of fused-ring (bicyclic) bond motifs is 1. The van der Waals surface area contributed by atoms with Crippen molar-refractivity contribution in [2.45, 2.75) is 17.5 Å². The number of halogens is 4. The molecule has 28 heavy (non-hydrogen) atoms. The summed E-state index contributed by atoms with van der Waals surface area (Å²) in [4.78, 5) is 24.0. The third-order valence-corrected chi connectivity index (χ3v) is 5.85. The lowest BCUT2D eigenvalue weighted by molar-refractivity contribution is -0.140. The van der Waals surface area contributed by atoms with Gasteiger partial charge < -0.3 is 5.32 Å². The number of nitrogens with zero attached hydrogens (tertiary/aromatic N) is 1. The maximum atomic E-state index is 13.3. The minimum atomic E-state index is -4.94. The fraction of sp³-hybridized carbons (Fsp3) is 0.176. The van der Waals surface area contributed by atoms with Crippen LogP contribution < -0.4 is 5.32 Å². The molecular weight excluding hydrogens is 404 g/mol. The molecule has 0 radical (unpaired) electrons. The predicted octanol–water partition coefficient (Wildman–Crippen LogP) is 3.02. The van der Waals surface area contributed by atoms with Gasteiger partial charge in [0.1, 0.15) is 10.7 Å². The quantitative estimate of drug-likeness (QED) is 0.777. The first-order valence-corrected chi connectivity index (χ1v) is 9.28. The molecule has 0 aliphatic carbocycles. The molecule has 0 unspecified atom stereocenters. The van der Waals surface area contributed by atoms with Crippen LogP contribution in [-0.2, 0) is 21.0 Å². The Morgan fingerprint density at radius 2 is 1.79 bits per heavy atom. The van der Waals surface area contributed by atoms with Crippen LogP contribution in [0.1, 0.15) is 22.3 Å². The number of nitrogens with one attached hydrogen (secondary N) is 1. The van der Waals surface area contributed by atoms with E-state index >= 15 is 0 Å². The fourth-order valence-corrected chi connectivity index (χ4v) is 4.27. The zero-order chi connectivity index (χ0) is 20.7. The summed E-state index contributed by atoms with van der Waals surface area (Å²) in [5, 5.41) is 2.13. The molecule has 148 valence electrons. The van der Waals surface area contributed by atoms with Gasteiger partial charge in [-0.25, -0.2) is 17.1 Å². The summed E-state index contributed by atoms with van der Waals surface area (Å²) in [7, 11) is -4.09. The molecule has 1 aliphatic heterocycles. The van der Waals surface area contributed by atoms with Crippen LogP contribution in [0.3, 0.4) is 0 Å². The lowest BCUT2D eigenvalue weighted by atomic mass is 10.1. The largest absolute Gasteiger partial charge is 0.419 e. The monoisotopic (exact) mass is 416 g/mol. The number of rotatable bonds is 4. The topological polar surface area (TPSA) is 83.6 Å². The van der Waals surface area contributed by atoms with Crippen molar-refractivity contribution in [1.29, 1.82) is 0 Å². The van der Waals surface area contributed by atoms with Crippen LogP contribution in [0.5, 0.6) is 0 Å². The van der Waals surface area contributed by atoms with Crippen molar-refractivity contribution in [2.75, 3.05) is 11.9 Å². The smallest absolute Gasteiger partial charge is 0.326 e. The maximum Gasteiger partial charge on any atom is 0.419 e. The average molecular weight is 416 g/mol. The first-order valence-electron chi connectivity index (χ1n) is 7.84. The second-order valence-corrected chi connectivity index (χ2v) is 7.70. The van der Waals surface area contributed by atoms with Crippen LogP contribution in [0, 0.1) is 5.82 Å². The molecule has 0 saturated heterocycles. The molecule has 0 fully saturated rings. The van der Waals surface area contributed by atoms with Crippen LogP contribution in [0.2, 0.25) is 0 Å². The van der Waals surface area contributed by atoms with Gasteiger partial charge in [-0.1, -0.05) is 12.1 Å². The summed E-state index contributed by atoms with van der Waals surface area (Å²) in [6.07, 6.45) is -5.43. The molecule has 1 aliphatic rings. The van der Waals surface area contributed by atoms with Crippen molar-refractivity contribution in [3.8, 4) is 0 Å². The SMILES string of the molecule is O=C(CCN1C(=O)c2ccccc2S1(=O)=O)Nc1ccc(F)c(C(F)(F)F)c1. The first kappa shape index (κ1) is 19.8. The minimum Gasteiger partial charge on any atom is -0.326 e. The Morgan fingerprint density at radius 1 is 1.11 bits per heavy atom. The fourth-order valence-electron chi connectivity index (χ4n) is 2.70. The van der Waals surface area contributed by atoms with E-state index in [-0.39, 0.29) is 16.1 Å². The number of benzene rings is 2. The maximum absolute atomic E-state index is 13.3. The van der Waals surface area contributed by atoms with Crippen molar-refractivity contribution < 1.29 is 35.6 Å². The molecule has 0 saturated carbocycles. The van der Waals surface area contributed by atoms with Crippen molar-refractivity contribution in [2.24, 2.45) is 0 Å². The Labute approximate surface area is 156 Å². The third-order valence-electron chi connectivity index (χ3n) is 4.01. The zero-order valence-corrected chi connectivity index (χ0v) is 14.8. The van der Waals surface area contributed by atoms with Gasteiger partial charge >= 0.3 is 6.18 Å². The van der Waals surface area contributed by atoms with E-state index < -0.39 is 52.4 Å². The Kier molecular flexibility index (Phi) is 4.88. The summed E-state index contributed by atoms with van der Waals surface area (Å²) in [6, 6.07) is 7.48. The average Bonchev–Trinajstić information content (AvgIpc) is 2.81. The summed E-state index contributed by atoms with van der Waals surface area (Å²) >= 11 is 0. The van der Waals surface area contributed by atoms with Crippen LogP contribution in [0.15, 0.2) is 47.4 Å². The normalized spacial score (nSPS) is 15.4. The third kappa shape index (κ3) is 3.57. The predicted molar refractivity (Wildman–Crippen MR) is 89.3 cm³/mol. The standard InChI is InChI=1S/C17H12F4N2O4S/c18-13-6-5-10(9-12(13)17(19,20)21)22-15(24)7-8-23-16(25)11-3-1-2-4-14(11)28(23,26)27/h1-6,9H,7-8H2,(H,22,24). The van der Waals surface area contributed by atoms with E-state index in [1.165, 1.54) is 24.3 Å². The van der Waals surface area contributed by atoms with Crippen LogP contribution in [0.4, 0.5) is 23.2 Å². The van der Waals surface area contributed by atoms with Gasteiger partial charge in [-0.15, -0.1) is 0 Å². The Hall–Kier alpha value is -2.95. The van der Waals surface area contributed by atoms with Gasteiger partial charge in [0.05, 0.1) is 11.1 Å². The minimum absolute atomic E-state index is 0.0174. The number of hydrogen-bond donors (Lipinski definition) is 1. The van der Waals surface area contributed by atoms with E-state index in [4.69, 9.17) is 0 Å². The van der Waals surface area contributed by atoms with Crippen LogP contribution >= 0.6 is 0 Å². The zero-order valence-electron chi connectivity index (χ0n) is 14.0. The second-order valence-electron chi connectivity index (χ2n) is 5.87.